The van der Waals surface area contributed by atoms with Gasteiger partial charge in [0, 0.05) is 10.6 Å². The summed E-state index contributed by atoms with van der Waals surface area (Å²) in [4.78, 5) is 23.0. The fourth-order valence-corrected chi connectivity index (χ4v) is 2.03. The molecule has 1 aromatic rings. The lowest BCUT2D eigenvalue weighted by molar-refractivity contribution is -0.148. The zero-order valence-corrected chi connectivity index (χ0v) is 9.83. The van der Waals surface area contributed by atoms with Gasteiger partial charge >= 0.3 is 5.97 Å². The predicted molar refractivity (Wildman–Crippen MR) is 63.1 cm³/mol. The largest absolute Gasteiger partial charge is 0.480 e. The van der Waals surface area contributed by atoms with Gasteiger partial charge in [-0.25, -0.2) is 4.79 Å². The molecule has 0 atom stereocenters. The number of halogens is 1. The zero-order chi connectivity index (χ0) is 12.5. The van der Waals surface area contributed by atoms with Crippen LogP contribution in [0.1, 0.15) is 29.6 Å². The fraction of sp³-hybridized carbons (Fsp3) is 0.333. The van der Waals surface area contributed by atoms with E-state index in [4.69, 9.17) is 16.7 Å². The zero-order valence-electron chi connectivity index (χ0n) is 9.07. The Kier molecular flexibility index (Phi) is 3.07. The number of rotatable bonds is 3. The van der Waals surface area contributed by atoms with E-state index < -0.39 is 17.4 Å². The van der Waals surface area contributed by atoms with Gasteiger partial charge in [-0.2, -0.15) is 0 Å². The minimum atomic E-state index is -1.08. The average molecular weight is 254 g/mol. The molecule has 0 unspecified atom stereocenters. The van der Waals surface area contributed by atoms with Gasteiger partial charge in [0.1, 0.15) is 5.54 Å². The molecular formula is C12H12ClNO3. The van der Waals surface area contributed by atoms with Gasteiger partial charge in [0.05, 0.1) is 0 Å². The highest BCUT2D eigenvalue weighted by atomic mass is 35.5. The first kappa shape index (κ1) is 11.9. The van der Waals surface area contributed by atoms with Crippen molar-refractivity contribution in [3.05, 3.63) is 34.9 Å². The molecule has 4 nitrogen and oxygen atoms in total. The van der Waals surface area contributed by atoms with Crippen molar-refractivity contribution in [3.8, 4) is 0 Å². The summed E-state index contributed by atoms with van der Waals surface area (Å²) in [7, 11) is 0. The third-order valence-electron chi connectivity index (χ3n) is 3.06. The molecule has 1 aliphatic rings. The van der Waals surface area contributed by atoms with Gasteiger partial charge in [-0.3, -0.25) is 4.79 Å². The first-order valence-corrected chi connectivity index (χ1v) is 5.73. The van der Waals surface area contributed by atoms with E-state index in [0.29, 0.717) is 23.4 Å². The summed E-state index contributed by atoms with van der Waals surface area (Å²) in [6, 6.07) is 6.45. The van der Waals surface area contributed by atoms with Crippen LogP contribution in [0.4, 0.5) is 0 Å². The molecule has 2 N–H and O–H groups in total. The summed E-state index contributed by atoms with van der Waals surface area (Å²) in [6.07, 6.45) is 1.78. The van der Waals surface area contributed by atoms with E-state index in [-0.39, 0.29) is 0 Å². The van der Waals surface area contributed by atoms with E-state index in [0.717, 1.165) is 6.42 Å². The second kappa shape index (κ2) is 4.37. The van der Waals surface area contributed by atoms with Crippen molar-refractivity contribution in [2.75, 3.05) is 0 Å². The van der Waals surface area contributed by atoms with Crippen LogP contribution in [0.3, 0.4) is 0 Å². The number of benzene rings is 1. The Morgan fingerprint density at radius 1 is 1.35 bits per heavy atom. The molecule has 0 bridgehead atoms. The van der Waals surface area contributed by atoms with Crippen LogP contribution in [-0.4, -0.2) is 22.5 Å². The van der Waals surface area contributed by atoms with Crippen molar-refractivity contribution < 1.29 is 14.7 Å². The van der Waals surface area contributed by atoms with E-state index in [9.17, 15) is 9.59 Å². The van der Waals surface area contributed by atoms with Gasteiger partial charge in [-0.1, -0.05) is 17.7 Å². The van der Waals surface area contributed by atoms with Crippen LogP contribution in [0.5, 0.6) is 0 Å². The Morgan fingerprint density at radius 2 is 2.06 bits per heavy atom. The second-order valence-electron chi connectivity index (χ2n) is 4.21. The first-order valence-electron chi connectivity index (χ1n) is 5.35. The molecule has 1 saturated carbocycles. The van der Waals surface area contributed by atoms with Crippen LogP contribution in [0.25, 0.3) is 0 Å². The number of aliphatic carboxylic acids is 1. The SMILES string of the molecule is O=C(NC1(C(=O)O)CCC1)c1cccc(Cl)c1. The molecule has 1 aromatic carbocycles. The molecule has 1 fully saturated rings. The monoisotopic (exact) mass is 253 g/mol. The van der Waals surface area contributed by atoms with Crippen LogP contribution in [0.2, 0.25) is 5.02 Å². The molecule has 90 valence electrons. The van der Waals surface area contributed by atoms with Crippen molar-refractivity contribution >= 4 is 23.5 Å². The van der Waals surface area contributed by atoms with Crippen LogP contribution in [0.15, 0.2) is 24.3 Å². The van der Waals surface area contributed by atoms with Crippen molar-refractivity contribution in [3.63, 3.8) is 0 Å². The molecule has 0 aromatic heterocycles. The standard InChI is InChI=1S/C12H12ClNO3/c13-9-4-1-3-8(7-9)10(15)14-12(11(16)17)5-2-6-12/h1,3-4,7H,2,5-6H2,(H,14,15)(H,16,17). The highest BCUT2D eigenvalue weighted by molar-refractivity contribution is 6.31. The highest BCUT2D eigenvalue weighted by Gasteiger charge is 2.45. The minimum Gasteiger partial charge on any atom is -0.480 e. The normalized spacial score (nSPS) is 17.0. The number of carbonyl (C=O) groups is 2. The van der Waals surface area contributed by atoms with Crippen molar-refractivity contribution in [1.29, 1.82) is 0 Å². The number of carboxylic acid groups (broad SMARTS) is 1. The Labute approximate surface area is 104 Å². The third kappa shape index (κ3) is 2.26. The predicted octanol–water partition coefficient (Wildman–Crippen LogP) is 2.08. The molecule has 0 spiro atoms. The molecule has 1 amide bonds. The molecule has 2 rings (SSSR count). The Hall–Kier alpha value is -1.55. The summed E-state index contributed by atoms with van der Waals surface area (Å²) >= 11 is 5.77. The summed E-state index contributed by atoms with van der Waals surface area (Å²) < 4.78 is 0. The summed E-state index contributed by atoms with van der Waals surface area (Å²) in [6.45, 7) is 0. The van der Waals surface area contributed by atoms with Gasteiger partial charge in [-0.15, -0.1) is 0 Å². The quantitative estimate of drug-likeness (QED) is 0.867. The summed E-state index contributed by atoms with van der Waals surface area (Å²) in [5, 5.41) is 12.1. The van der Waals surface area contributed by atoms with Gasteiger partial charge in [0.2, 0.25) is 0 Å². The maximum Gasteiger partial charge on any atom is 0.329 e. The smallest absolute Gasteiger partial charge is 0.329 e. The number of carbonyl (C=O) groups excluding carboxylic acids is 1. The van der Waals surface area contributed by atoms with Crippen LogP contribution in [-0.2, 0) is 4.79 Å². The maximum atomic E-state index is 11.9. The van der Waals surface area contributed by atoms with Crippen molar-refractivity contribution in [1.82, 2.24) is 5.32 Å². The second-order valence-corrected chi connectivity index (χ2v) is 4.64. The molecule has 1 aliphatic carbocycles. The molecule has 0 aliphatic heterocycles. The molecule has 0 saturated heterocycles. The molecule has 0 heterocycles. The lowest BCUT2D eigenvalue weighted by atomic mass is 9.76. The average Bonchev–Trinajstić information content (AvgIpc) is 2.22. The van der Waals surface area contributed by atoms with Gasteiger partial charge < -0.3 is 10.4 Å². The lowest BCUT2D eigenvalue weighted by Crippen LogP contribution is -2.59. The van der Waals surface area contributed by atoms with E-state index in [1.165, 1.54) is 6.07 Å². The number of nitrogens with one attached hydrogen (secondary N) is 1. The number of hydrogen-bond donors (Lipinski definition) is 2. The topological polar surface area (TPSA) is 66.4 Å². The van der Waals surface area contributed by atoms with Crippen LogP contribution >= 0.6 is 11.6 Å². The fourth-order valence-electron chi connectivity index (χ4n) is 1.84. The van der Waals surface area contributed by atoms with Crippen LogP contribution in [0, 0.1) is 0 Å². The van der Waals surface area contributed by atoms with E-state index in [1.807, 2.05) is 0 Å². The maximum absolute atomic E-state index is 11.9. The Morgan fingerprint density at radius 3 is 2.53 bits per heavy atom. The van der Waals surface area contributed by atoms with E-state index in [1.54, 1.807) is 18.2 Å². The highest BCUT2D eigenvalue weighted by Crippen LogP contribution is 2.32. The van der Waals surface area contributed by atoms with Crippen molar-refractivity contribution in [2.24, 2.45) is 0 Å². The Bertz CT molecular complexity index is 469. The van der Waals surface area contributed by atoms with Gasteiger partial charge in [-0.05, 0) is 37.5 Å². The van der Waals surface area contributed by atoms with E-state index in [2.05, 4.69) is 5.32 Å². The molecule has 0 radical (unpaired) electrons. The number of amides is 1. The molecule has 5 heteroatoms. The Balaban J connectivity index is 2.14. The number of hydrogen-bond acceptors (Lipinski definition) is 2. The van der Waals surface area contributed by atoms with Gasteiger partial charge in [0.15, 0.2) is 0 Å². The molecule has 17 heavy (non-hydrogen) atoms. The third-order valence-corrected chi connectivity index (χ3v) is 3.29. The minimum absolute atomic E-state index is 0.380. The summed E-state index contributed by atoms with van der Waals surface area (Å²) in [5.74, 6) is -1.37. The summed E-state index contributed by atoms with van der Waals surface area (Å²) in [5.41, 5.74) is -0.704. The van der Waals surface area contributed by atoms with Crippen LogP contribution < -0.4 is 5.32 Å². The first-order chi connectivity index (χ1) is 8.03. The van der Waals surface area contributed by atoms with E-state index >= 15 is 0 Å². The van der Waals surface area contributed by atoms with Crippen molar-refractivity contribution in [2.45, 2.75) is 24.8 Å². The lowest BCUT2D eigenvalue weighted by Gasteiger charge is -2.38. The number of carboxylic acids is 1. The van der Waals surface area contributed by atoms with Gasteiger partial charge in [0.25, 0.3) is 5.91 Å². The molecular weight excluding hydrogens is 242 g/mol.